The summed E-state index contributed by atoms with van der Waals surface area (Å²) in [6, 6.07) is 12.6. The predicted octanol–water partition coefficient (Wildman–Crippen LogP) is 3.72. The molecule has 0 aliphatic rings. The summed E-state index contributed by atoms with van der Waals surface area (Å²) in [4.78, 5) is 5.55. The second kappa shape index (κ2) is 4.26. The van der Waals surface area contributed by atoms with Crippen LogP contribution >= 0.6 is 11.8 Å². The Balaban J connectivity index is 2.19. The Bertz CT molecular complexity index is 658. The lowest BCUT2D eigenvalue weighted by atomic mass is 10.1. The summed E-state index contributed by atoms with van der Waals surface area (Å²) < 4.78 is 2.05. The van der Waals surface area contributed by atoms with Crippen molar-refractivity contribution in [1.82, 2.24) is 9.38 Å². The van der Waals surface area contributed by atoms with Gasteiger partial charge in [0, 0.05) is 23.5 Å². The molecule has 0 atom stereocenters. The lowest BCUT2D eigenvalue weighted by Crippen LogP contribution is -1.87. The number of thioether (sulfide) groups is 1. The number of fused-ring (bicyclic) bond motifs is 1. The summed E-state index contributed by atoms with van der Waals surface area (Å²) in [5.74, 6) is 0. The van der Waals surface area contributed by atoms with Crippen LogP contribution in [-0.2, 0) is 0 Å². The van der Waals surface area contributed by atoms with Gasteiger partial charge in [-0.05, 0) is 35.6 Å². The van der Waals surface area contributed by atoms with E-state index in [2.05, 4.69) is 47.8 Å². The summed E-state index contributed by atoms with van der Waals surface area (Å²) in [6.07, 6.45) is 8.02. The molecule has 0 aliphatic heterocycles. The zero-order chi connectivity index (χ0) is 11.7. The van der Waals surface area contributed by atoms with E-state index >= 15 is 0 Å². The van der Waals surface area contributed by atoms with Gasteiger partial charge in [0.2, 0.25) is 0 Å². The number of pyridine rings is 1. The molecule has 0 N–H and O–H groups in total. The number of rotatable bonds is 2. The lowest BCUT2D eigenvalue weighted by molar-refractivity contribution is 1.18. The first-order valence-electron chi connectivity index (χ1n) is 5.44. The Morgan fingerprint density at radius 2 is 2.00 bits per heavy atom. The standard InChI is InChI=1S/C14H12N2S/c1-17-13-5-3-2-4-12(13)11-6-7-14-15-8-9-16(14)10-11/h2-10H,1H3. The van der Waals surface area contributed by atoms with E-state index in [0.717, 1.165) is 5.65 Å². The van der Waals surface area contributed by atoms with Crippen molar-refractivity contribution in [3.8, 4) is 11.1 Å². The first-order chi connectivity index (χ1) is 8.38. The Labute approximate surface area is 104 Å². The van der Waals surface area contributed by atoms with Gasteiger partial charge in [-0.2, -0.15) is 0 Å². The van der Waals surface area contributed by atoms with Crippen molar-refractivity contribution in [3.05, 3.63) is 55.0 Å². The van der Waals surface area contributed by atoms with Crippen LogP contribution in [-0.4, -0.2) is 15.6 Å². The Morgan fingerprint density at radius 1 is 1.12 bits per heavy atom. The van der Waals surface area contributed by atoms with Gasteiger partial charge in [-0.1, -0.05) is 18.2 Å². The molecule has 0 aliphatic carbocycles. The fraction of sp³-hybridized carbons (Fsp3) is 0.0714. The van der Waals surface area contributed by atoms with Gasteiger partial charge in [0.15, 0.2) is 0 Å². The molecule has 3 aromatic rings. The maximum atomic E-state index is 4.25. The molecule has 0 saturated carbocycles. The van der Waals surface area contributed by atoms with E-state index in [-0.39, 0.29) is 0 Å². The molecule has 2 nitrogen and oxygen atoms in total. The molecule has 0 spiro atoms. The van der Waals surface area contributed by atoms with E-state index in [1.165, 1.54) is 16.0 Å². The molecule has 0 unspecified atom stereocenters. The third-order valence-electron chi connectivity index (χ3n) is 2.81. The highest BCUT2D eigenvalue weighted by Crippen LogP contribution is 2.29. The van der Waals surface area contributed by atoms with Crippen LogP contribution < -0.4 is 0 Å². The van der Waals surface area contributed by atoms with E-state index in [1.807, 2.05) is 22.9 Å². The molecule has 3 heteroatoms. The van der Waals surface area contributed by atoms with Gasteiger partial charge in [0.05, 0.1) is 0 Å². The lowest BCUT2D eigenvalue weighted by Gasteiger charge is -2.07. The zero-order valence-corrected chi connectivity index (χ0v) is 10.3. The summed E-state index contributed by atoms with van der Waals surface area (Å²) in [7, 11) is 0. The van der Waals surface area contributed by atoms with Crippen LogP contribution in [0.5, 0.6) is 0 Å². The fourth-order valence-corrected chi connectivity index (χ4v) is 2.58. The van der Waals surface area contributed by atoms with Gasteiger partial charge >= 0.3 is 0 Å². The SMILES string of the molecule is CSc1ccccc1-c1ccc2nccn2c1. The molecule has 0 fully saturated rings. The van der Waals surface area contributed by atoms with Crippen molar-refractivity contribution in [1.29, 1.82) is 0 Å². The molecule has 84 valence electrons. The highest BCUT2D eigenvalue weighted by atomic mass is 32.2. The number of imidazole rings is 1. The Morgan fingerprint density at radius 3 is 2.88 bits per heavy atom. The van der Waals surface area contributed by atoms with Crippen LogP contribution in [0, 0.1) is 0 Å². The molecule has 0 bridgehead atoms. The first-order valence-corrected chi connectivity index (χ1v) is 6.67. The van der Waals surface area contributed by atoms with Crippen LogP contribution in [0.15, 0.2) is 59.9 Å². The van der Waals surface area contributed by atoms with Crippen molar-refractivity contribution >= 4 is 17.4 Å². The maximum Gasteiger partial charge on any atom is 0.136 e. The van der Waals surface area contributed by atoms with Gasteiger partial charge in [-0.25, -0.2) is 4.98 Å². The maximum absolute atomic E-state index is 4.25. The summed E-state index contributed by atoms with van der Waals surface area (Å²) in [5.41, 5.74) is 3.48. The molecule has 17 heavy (non-hydrogen) atoms. The Hall–Kier alpha value is -1.74. The van der Waals surface area contributed by atoms with Gasteiger partial charge in [-0.3, -0.25) is 0 Å². The van der Waals surface area contributed by atoms with Crippen molar-refractivity contribution < 1.29 is 0 Å². The van der Waals surface area contributed by atoms with Gasteiger partial charge < -0.3 is 4.40 Å². The smallest absolute Gasteiger partial charge is 0.136 e. The molecular formula is C14H12N2S. The van der Waals surface area contributed by atoms with E-state index in [4.69, 9.17) is 0 Å². The molecule has 0 radical (unpaired) electrons. The summed E-state index contributed by atoms with van der Waals surface area (Å²) >= 11 is 1.77. The summed E-state index contributed by atoms with van der Waals surface area (Å²) in [5, 5.41) is 0. The quantitative estimate of drug-likeness (QED) is 0.635. The predicted molar refractivity (Wildman–Crippen MR) is 72.4 cm³/mol. The van der Waals surface area contributed by atoms with Crippen molar-refractivity contribution in [3.63, 3.8) is 0 Å². The van der Waals surface area contributed by atoms with Crippen LogP contribution in [0.25, 0.3) is 16.8 Å². The minimum absolute atomic E-state index is 0.982. The Kier molecular flexibility index (Phi) is 2.61. The van der Waals surface area contributed by atoms with E-state index in [9.17, 15) is 0 Å². The second-order valence-electron chi connectivity index (χ2n) is 3.81. The van der Waals surface area contributed by atoms with Gasteiger partial charge in [-0.15, -0.1) is 11.8 Å². The normalized spacial score (nSPS) is 10.9. The average Bonchev–Trinajstić information content (AvgIpc) is 2.85. The highest BCUT2D eigenvalue weighted by molar-refractivity contribution is 7.98. The topological polar surface area (TPSA) is 17.3 Å². The highest BCUT2D eigenvalue weighted by Gasteiger charge is 2.04. The van der Waals surface area contributed by atoms with Crippen LogP contribution in [0.4, 0.5) is 0 Å². The van der Waals surface area contributed by atoms with Crippen molar-refractivity contribution in [2.75, 3.05) is 6.26 Å². The van der Waals surface area contributed by atoms with Crippen molar-refractivity contribution in [2.24, 2.45) is 0 Å². The zero-order valence-electron chi connectivity index (χ0n) is 9.50. The second-order valence-corrected chi connectivity index (χ2v) is 4.66. The molecule has 2 aromatic heterocycles. The third-order valence-corrected chi connectivity index (χ3v) is 3.60. The third kappa shape index (κ3) is 1.83. The molecule has 1 aromatic carbocycles. The summed E-state index contributed by atoms with van der Waals surface area (Å²) in [6.45, 7) is 0. The number of aromatic nitrogens is 2. The van der Waals surface area contributed by atoms with E-state index < -0.39 is 0 Å². The van der Waals surface area contributed by atoms with Crippen LogP contribution in [0.3, 0.4) is 0 Å². The molecule has 3 rings (SSSR count). The molecule has 0 amide bonds. The number of hydrogen-bond donors (Lipinski definition) is 0. The molecular weight excluding hydrogens is 228 g/mol. The fourth-order valence-electron chi connectivity index (χ4n) is 1.96. The number of hydrogen-bond acceptors (Lipinski definition) is 2. The molecule has 0 saturated heterocycles. The van der Waals surface area contributed by atoms with Gasteiger partial charge in [0.1, 0.15) is 5.65 Å². The minimum Gasteiger partial charge on any atom is -0.306 e. The van der Waals surface area contributed by atoms with Gasteiger partial charge in [0.25, 0.3) is 0 Å². The van der Waals surface area contributed by atoms with Crippen LogP contribution in [0.1, 0.15) is 0 Å². The monoisotopic (exact) mass is 240 g/mol. The van der Waals surface area contributed by atoms with E-state index in [1.54, 1.807) is 11.8 Å². The largest absolute Gasteiger partial charge is 0.306 e. The molecule has 2 heterocycles. The average molecular weight is 240 g/mol. The van der Waals surface area contributed by atoms with E-state index in [0.29, 0.717) is 0 Å². The number of benzene rings is 1. The number of nitrogens with zero attached hydrogens (tertiary/aromatic N) is 2. The van der Waals surface area contributed by atoms with Crippen LogP contribution in [0.2, 0.25) is 0 Å². The first kappa shape index (κ1) is 10.4. The minimum atomic E-state index is 0.982. The van der Waals surface area contributed by atoms with Crippen molar-refractivity contribution in [2.45, 2.75) is 4.90 Å².